The Labute approximate surface area is 67.2 Å². The Morgan fingerprint density at radius 3 is 2.64 bits per heavy atom. The summed E-state index contributed by atoms with van der Waals surface area (Å²) in [6.45, 7) is 0. The number of carboxylic acid groups (broad SMARTS) is 1. The molecule has 1 N–H and O–H groups in total. The van der Waals surface area contributed by atoms with Crippen LogP contribution in [0.25, 0.3) is 0 Å². The normalized spacial score (nSPS) is 11.7. The van der Waals surface area contributed by atoms with Crippen LogP contribution >= 0.6 is 11.6 Å². The first-order chi connectivity index (χ1) is 5.20. The number of halogens is 1. The minimum atomic E-state index is -1.02. The first-order valence-electron chi connectivity index (χ1n) is 2.94. The zero-order chi connectivity index (χ0) is 8.01. The van der Waals surface area contributed by atoms with Crippen LogP contribution in [0.3, 0.4) is 0 Å². The van der Waals surface area contributed by atoms with Gasteiger partial charge >= 0.3 is 5.97 Å². The van der Waals surface area contributed by atoms with Gasteiger partial charge in [0.05, 0.1) is 0 Å². The molecule has 1 aromatic rings. The highest BCUT2D eigenvalue weighted by atomic mass is 35.5. The van der Waals surface area contributed by atoms with Crippen molar-refractivity contribution in [2.75, 3.05) is 0 Å². The number of carboxylic acids is 1. The van der Waals surface area contributed by atoms with Crippen LogP contribution in [-0.4, -0.2) is 11.1 Å². The summed E-state index contributed by atoms with van der Waals surface area (Å²) in [5.74, 6) is -0.198. The third kappa shape index (κ3) is 0.714. The summed E-state index contributed by atoms with van der Waals surface area (Å²) in [7, 11) is 0. The molecule has 1 aromatic carbocycles. The number of ether oxygens (including phenoxy) is 1. The lowest BCUT2D eigenvalue weighted by molar-refractivity contribution is 0.0692. The quantitative estimate of drug-likeness (QED) is 0.713. The summed E-state index contributed by atoms with van der Waals surface area (Å²) in [6.07, 6.45) is 0. The molecule has 2 aliphatic rings. The molecule has 0 aliphatic carbocycles. The van der Waals surface area contributed by atoms with Gasteiger partial charge in [-0.15, -0.1) is 0 Å². The average Bonchev–Trinajstić information content (AvgIpc) is 2.03. The van der Waals surface area contributed by atoms with Crippen molar-refractivity contribution in [2.45, 2.75) is 0 Å². The highest BCUT2D eigenvalue weighted by Gasteiger charge is 2.26. The van der Waals surface area contributed by atoms with E-state index in [0.29, 0.717) is 10.8 Å². The second-order valence-corrected chi connectivity index (χ2v) is 2.54. The summed E-state index contributed by atoms with van der Waals surface area (Å²) in [6, 6.07) is 3.02. The highest BCUT2D eigenvalue weighted by molar-refractivity contribution is 6.35. The maximum atomic E-state index is 10.5. The van der Waals surface area contributed by atoms with Crippen LogP contribution in [0.2, 0.25) is 5.02 Å². The molecule has 56 valence electrons. The Balaban J connectivity index is 2.62. The van der Waals surface area contributed by atoms with Crippen molar-refractivity contribution in [3.63, 3.8) is 0 Å². The van der Waals surface area contributed by atoms with E-state index in [2.05, 4.69) is 0 Å². The van der Waals surface area contributed by atoms with Crippen LogP contribution in [0.15, 0.2) is 12.1 Å². The van der Waals surface area contributed by atoms with Crippen molar-refractivity contribution in [1.82, 2.24) is 0 Å². The molecule has 0 saturated heterocycles. The number of hydrogen-bond donors (Lipinski definition) is 1. The fraction of sp³-hybridized carbons (Fsp3) is 0. The topological polar surface area (TPSA) is 46.5 Å². The van der Waals surface area contributed by atoms with E-state index in [1.807, 2.05) is 0 Å². The van der Waals surface area contributed by atoms with Crippen molar-refractivity contribution in [3.8, 4) is 11.5 Å². The second-order valence-electron chi connectivity index (χ2n) is 2.16. The van der Waals surface area contributed by atoms with Crippen LogP contribution in [-0.2, 0) is 0 Å². The average molecular weight is 171 g/mol. The molecule has 2 heterocycles. The Hall–Kier alpha value is -1.22. The van der Waals surface area contributed by atoms with Crippen LogP contribution in [0.4, 0.5) is 0 Å². The molecule has 0 aromatic heterocycles. The molecule has 2 aliphatic heterocycles. The van der Waals surface area contributed by atoms with Gasteiger partial charge in [-0.05, 0) is 12.1 Å². The molecule has 3 nitrogen and oxygen atoms in total. The standard InChI is InChI=1S/C7H3ClO3/c8-5-4-2-1-3(7(9)10)6(5)11-4/h1-2H,(H,9,10). The Kier molecular flexibility index (Phi) is 1.11. The smallest absolute Gasteiger partial charge is 0.339 e. The van der Waals surface area contributed by atoms with Gasteiger partial charge in [0.1, 0.15) is 16.3 Å². The zero-order valence-corrected chi connectivity index (χ0v) is 6.05. The molecule has 0 saturated carbocycles. The number of fused-ring (bicyclic) bond motifs is 2. The fourth-order valence-electron chi connectivity index (χ4n) is 0.949. The number of benzene rings is 1. The van der Waals surface area contributed by atoms with Gasteiger partial charge < -0.3 is 9.84 Å². The molecule has 4 heteroatoms. The minimum Gasteiger partial charge on any atom is -0.478 e. The predicted octanol–water partition coefficient (Wildman–Crippen LogP) is 2.14. The van der Waals surface area contributed by atoms with Crippen LogP contribution in [0, 0.1) is 0 Å². The second kappa shape index (κ2) is 1.89. The van der Waals surface area contributed by atoms with Gasteiger partial charge in [0.15, 0.2) is 5.75 Å². The fourth-order valence-corrected chi connectivity index (χ4v) is 1.19. The van der Waals surface area contributed by atoms with E-state index in [1.54, 1.807) is 6.07 Å². The Bertz CT molecular complexity index is 346. The van der Waals surface area contributed by atoms with Gasteiger partial charge in [-0.1, -0.05) is 11.6 Å². The lowest BCUT2D eigenvalue weighted by Gasteiger charge is -2.21. The molecular formula is C7H3ClO3. The first kappa shape index (κ1) is 6.49. The van der Waals surface area contributed by atoms with E-state index in [-0.39, 0.29) is 11.3 Å². The van der Waals surface area contributed by atoms with E-state index >= 15 is 0 Å². The van der Waals surface area contributed by atoms with Crippen LogP contribution in [0.5, 0.6) is 11.5 Å². The van der Waals surface area contributed by atoms with Crippen molar-refractivity contribution >= 4 is 17.6 Å². The maximum absolute atomic E-state index is 10.5. The minimum absolute atomic E-state index is 0.116. The van der Waals surface area contributed by atoms with Crippen LogP contribution < -0.4 is 4.74 Å². The Morgan fingerprint density at radius 2 is 2.27 bits per heavy atom. The van der Waals surface area contributed by atoms with Gasteiger partial charge in [-0.2, -0.15) is 0 Å². The molecule has 0 spiro atoms. The number of carbonyl (C=O) groups is 1. The van der Waals surface area contributed by atoms with Crippen molar-refractivity contribution < 1.29 is 14.6 Å². The summed E-state index contributed by atoms with van der Waals surface area (Å²) in [4.78, 5) is 10.5. The van der Waals surface area contributed by atoms with Gasteiger partial charge in [0.25, 0.3) is 0 Å². The number of hydrogen-bond acceptors (Lipinski definition) is 2. The molecule has 11 heavy (non-hydrogen) atoms. The third-order valence-corrected chi connectivity index (χ3v) is 1.86. The van der Waals surface area contributed by atoms with Crippen molar-refractivity contribution in [3.05, 3.63) is 22.7 Å². The lowest BCUT2D eigenvalue weighted by Crippen LogP contribution is -2.07. The molecule has 0 amide bonds. The van der Waals surface area contributed by atoms with E-state index in [0.717, 1.165) is 0 Å². The van der Waals surface area contributed by atoms with Crippen molar-refractivity contribution in [2.24, 2.45) is 0 Å². The van der Waals surface area contributed by atoms with E-state index < -0.39 is 5.97 Å². The van der Waals surface area contributed by atoms with E-state index in [1.165, 1.54) is 6.07 Å². The monoisotopic (exact) mass is 170 g/mol. The predicted molar refractivity (Wildman–Crippen MR) is 38.5 cm³/mol. The molecule has 0 radical (unpaired) electrons. The molecule has 2 bridgehead atoms. The third-order valence-electron chi connectivity index (χ3n) is 1.50. The van der Waals surface area contributed by atoms with Gasteiger partial charge in [0, 0.05) is 0 Å². The van der Waals surface area contributed by atoms with Gasteiger partial charge in [-0.3, -0.25) is 0 Å². The SMILES string of the molecule is O=C(O)c1ccc2c(Cl)c1O2. The first-order valence-corrected chi connectivity index (χ1v) is 3.31. The summed E-state index contributed by atoms with van der Waals surface area (Å²) >= 11 is 5.64. The lowest BCUT2D eigenvalue weighted by atomic mass is 10.1. The van der Waals surface area contributed by atoms with Gasteiger partial charge in [0.2, 0.25) is 0 Å². The highest BCUT2D eigenvalue weighted by Crippen LogP contribution is 2.48. The molecule has 0 unspecified atom stereocenters. The van der Waals surface area contributed by atoms with Gasteiger partial charge in [-0.25, -0.2) is 4.79 Å². The van der Waals surface area contributed by atoms with Crippen molar-refractivity contribution in [1.29, 1.82) is 0 Å². The Morgan fingerprint density at radius 1 is 1.55 bits per heavy atom. The number of aromatic carboxylic acids is 1. The number of rotatable bonds is 1. The van der Waals surface area contributed by atoms with E-state index in [9.17, 15) is 4.79 Å². The molecule has 0 atom stereocenters. The summed E-state index contributed by atoms with van der Waals surface area (Å²) in [5, 5.41) is 8.99. The molecule has 0 fully saturated rings. The van der Waals surface area contributed by atoms with Crippen LogP contribution in [0.1, 0.15) is 10.4 Å². The molecule has 3 rings (SSSR count). The zero-order valence-electron chi connectivity index (χ0n) is 5.30. The summed E-state index contributed by atoms with van der Waals surface area (Å²) in [5.41, 5.74) is 0.116. The largest absolute Gasteiger partial charge is 0.478 e. The van der Waals surface area contributed by atoms with E-state index in [4.69, 9.17) is 21.4 Å². The summed E-state index contributed by atoms with van der Waals surface area (Å²) < 4.78 is 4.92. The molecular weight excluding hydrogens is 168 g/mol. The maximum Gasteiger partial charge on any atom is 0.339 e.